The molecule has 0 N–H and O–H groups in total. The van der Waals surface area contributed by atoms with Crippen molar-refractivity contribution >= 4 is 5.91 Å². The van der Waals surface area contributed by atoms with Crippen molar-refractivity contribution in [1.82, 2.24) is 9.88 Å². The monoisotopic (exact) mass is 308 g/mol. The molecule has 3 rings (SSSR count). The zero-order chi connectivity index (χ0) is 16.4. The van der Waals surface area contributed by atoms with Gasteiger partial charge in [0.25, 0.3) is 5.91 Å². The van der Waals surface area contributed by atoms with Crippen molar-refractivity contribution in [3.05, 3.63) is 65.0 Å². The second-order valence-electron chi connectivity index (χ2n) is 6.69. The normalized spacial score (nSPS) is 17.7. The maximum atomic E-state index is 12.9. The van der Waals surface area contributed by atoms with Gasteiger partial charge in [0.05, 0.1) is 11.7 Å². The van der Waals surface area contributed by atoms with Crippen molar-refractivity contribution in [3.8, 4) is 0 Å². The van der Waals surface area contributed by atoms with Crippen LogP contribution in [0.4, 0.5) is 0 Å². The summed E-state index contributed by atoms with van der Waals surface area (Å²) in [5.41, 5.74) is 4.18. The van der Waals surface area contributed by atoms with Crippen LogP contribution in [-0.2, 0) is 0 Å². The molecule has 2 aromatic rings. The van der Waals surface area contributed by atoms with Crippen LogP contribution in [0.3, 0.4) is 0 Å². The number of rotatable bonds is 3. The van der Waals surface area contributed by atoms with Crippen LogP contribution >= 0.6 is 0 Å². The highest BCUT2D eigenvalue weighted by Gasteiger charge is 2.31. The summed E-state index contributed by atoms with van der Waals surface area (Å²) in [6.45, 7) is 7.17. The van der Waals surface area contributed by atoms with Crippen LogP contribution in [0.25, 0.3) is 0 Å². The number of likely N-dealkylation sites (tertiary alicyclic amines) is 1. The van der Waals surface area contributed by atoms with Crippen LogP contribution in [0.15, 0.2) is 42.6 Å². The molecule has 1 aliphatic rings. The van der Waals surface area contributed by atoms with Crippen molar-refractivity contribution in [2.24, 2.45) is 0 Å². The zero-order valence-corrected chi connectivity index (χ0v) is 14.1. The van der Waals surface area contributed by atoms with Gasteiger partial charge in [-0.3, -0.25) is 9.78 Å². The molecular weight excluding hydrogens is 284 g/mol. The molecule has 1 atom stereocenters. The van der Waals surface area contributed by atoms with Crippen molar-refractivity contribution < 1.29 is 4.79 Å². The lowest BCUT2D eigenvalue weighted by Gasteiger charge is -2.24. The number of carbonyl (C=O) groups is 1. The summed E-state index contributed by atoms with van der Waals surface area (Å²) in [5, 5.41) is 0. The number of hydrogen-bond donors (Lipinski definition) is 0. The number of aromatic nitrogens is 1. The van der Waals surface area contributed by atoms with Gasteiger partial charge in [0.2, 0.25) is 0 Å². The molecule has 1 fully saturated rings. The molecule has 1 aromatic heterocycles. The molecular formula is C20H24N2O. The van der Waals surface area contributed by atoms with Crippen LogP contribution < -0.4 is 0 Å². The minimum Gasteiger partial charge on any atom is -0.330 e. The van der Waals surface area contributed by atoms with Crippen LogP contribution in [0, 0.1) is 6.92 Å². The molecule has 3 nitrogen and oxygen atoms in total. The molecule has 1 amide bonds. The van der Waals surface area contributed by atoms with E-state index in [1.54, 1.807) is 0 Å². The van der Waals surface area contributed by atoms with E-state index in [0.717, 1.165) is 36.2 Å². The summed E-state index contributed by atoms with van der Waals surface area (Å²) in [4.78, 5) is 19.4. The molecule has 0 radical (unpaired) electrons. The van der Waals surface area contributed by atoms with E-state index in [2.05, 4.69) is 37.0 Å². The van der Waals surface area contributed by atoms with Crippen molar-refractivity contribution in [2.75, 3.05) is 6.54 Å². The van der Waals surface area contributed by atoms with Crippen molar-refractivity contribution in [2.45, 2.75) is 45.6 Å². The Morgan fingerprint density at radius 1 is 1.17 bits per heavy atom. The summed E-state index contributed by atoms with van der Waals surface area (Å²) in [6.07, 6.45) is 3.91. The first-order chi connectivity index (χ1) is 11.1. The molecule has 1 saturated heterocycles. The van der Waals surface area contributed by atoms with Gasteiger partial charge in [0.1, 0.15) is 0 Å². The first kappa shape index (κ1) is 15.7. The van der Waals surface area contributed by atoms with E-state index in [-0.39, 0.29) is 11.9 Å². The summed E-state index contributed by atoms with van der Waals surface area (Å²) < 4.78 is 0. The average Bonchev–Trinajstić information content (AvgIpc) is 3.04. The first-order valence-electron chi connectivity index (χ1n) is 8.39. The van der Waals surface area contributed by atoms with Gasteiger partial charge in [-0.1, -0.05) is 32.0 Å². The average molecular weight is 308 g/mol. The Morgan fingerprint density at radius 3 is 2.52 bits per heavy atom. The van der Waals surface area contributed by atoms with E-state index in [1.165, 1.54) is 5.56 Å². The maximum absolute atomic E-state index is 12.9. The molecule has 2 heterocycles. The number of amides is 1. The van der Waals surface area contributed by atoms with Gasteiger partial charge in [0.15, 0.2) is 0 Å². The Bertz CT molecular complexity index is 674. The number of benzene rings is 1. The van der Waals surface area contributed by atoms with Crippen molar-refractivity contribution in [3.63, 3.8) is 0 Å². The molecule has 0 saturated carbocycles. The number of aryl methyl sites for hydroxylation is 1. The molecule has 3 heteroatoms. The zero-order valence-electron chi connectivity index (χ0n) is 14.1. The number of carbonyl (C=O) groups excluding carboxylic acids is 1. The summed E-state index contributed by atoms with van der Waals surface area (Å²) in [6, 6.07) is 12.3. The van der Waals surface area contributed by atoms with E-state index in [4.69, 9.17) is 0 Å². The second-order valence-corrected chi connectivity index (χ2v) is 6.69. The molecule has 23 heavy (non-hydrogen) atoms. The molecule has 1 aromatic carbocycles. The molecule has 1 aliphatic heterocycles. The third-order valence-electron chi connectivity index (χ3n) is 4.61. The van der Waals surface area contributed by atoms with Gasteiger partial charge in [-0.05, 0) is 55.0 Å². The van der Waals surface area contributed by atoms with E-state index in [9.17, 15) is 4.79 Å². The lowest BCUT2D eigenvalue weighted by molar-refractivity contribution is 0.0733. The molecule has 0 spiro atoms. The summed E-state index contributed by atoms with van der Waals surface area (Å²) in [5.74, 6) is 0.598. The van der Waals surface area contributed by atoms with Crippen LogP contribution in [0.2, 0.25) is 0 Å². The number of nitrogens with zero attached hydrogens (tertiary/aromatic N) is 2. The van der Waals surface area contributed by atoms with E-state index >= 15 is 0 Å². The lowest BCUT2D eigenvalue weighted by atomic mass is 10.0. The molecule has 120 valence electrons. The van der Waals surface area contributed by atoms with Gasteiger partial charge in [-0.15, -0.1) is 0 Å². The van der Waals surface area contributed by atoms with E-state index < -0.39 is 0 Å². The van der Waals surface area contributed by atoms with Crippen LogP contribution in [0.1, 0.15) is 65.8 Å². The van der Waals surface area contributed by atoms with E-state index in [1.807, 2.05) is 36.2 Å². The third-order valence-corrected chi connectivity index (χ3v) is 4.61. The fourth-order valence-corrected chi connectivity index (χ4v) is 3.17. The Morgan fingerprint density at radius 2 is 1.91 bits per heavy atom. The fraction of sp³-hybridized carbons (Fsp3) is 0.400. The topological polar surface area (TPSA) is 33.2 Å². The second kappa shape index (κ2) is 6.53. The number of pyridine rings is 1. The smallest absolute Gasteiger partial charge is 0.254 e. The van der Waals surface area contributed by atoms with E-state index in [0.29, 0.717) is 5.92 Å². The Hall–Kier alpha value is -2.16. The Balaban J connectivity index is 1.81. The Kier molecular flexibility index (Phi) is 4.46. The summed E-state index contributed by atoms with van der Waals surface area (Å²) >= 11 is 0. The van der Waals surface area contributed by atoms with Gasteiger partial charge >= 0.3 is 0 Å². The van der Waals surface area contributed by atoms with Gasteiger partial charge in [-0.2, -0.15) is 0 Å². The van der Waals surface area contributed by atoms with Crippen LogP contribution in [-0.4, -0.2) is 22.3 Å². The third kappa shape index (κ3) is 3.29. The van der Waals surface area contributed by atoms with Crippen molar-refractivity contribution in [1.29, 1.82) is 0 Å². The van der Waals surface area contributed by atoms with Gasteiger partial charge in [-0.25, -0.2) is 0 Å². The predicted molar refractivity (Wildman–Crippen MR) is 92.5 cm³/mol. The first-order valence-corrected chi connectivity index (χ1v) is 8.39. The quantitative estimate of drug-likeness (QED) is 0.837. The Labute approximate surface area is 138 Å². The standard InChI is InChI=1S/C20H24N2O/c1-14(2)16-7-9-17(10-8-16)20(23)22-12-4-5-19(22)18-11-6-15(3)13-21-18/h6-11,13-14,19H,4-5,12H2,1-3H3. The van der Waals surface area contributed by atoms with Crippen LogP contribution in [0.5, 0.6) is 0 Å². The minimum atomic E-state index is 0.105. The highest BCUT2D eigenvalue weighted by atomic mass is 16.2. The fourth-order valence-electron chi connectivity index (χ4n) is 3.17. The number of hydrogen-bond acceptors (Lipinski definition) is 2. The predicted octanol–water partition coefficient (Wildman–Crippen LogP) is 4.49. The SMILES string of the molecule is Cc1ccc(C2CCCN2C(=O)c2ccc(C(C)C)cc2)nc1. The maximum Gasteiger partial charge on any atom is 0.254 e. The van der Waals surface area contributed by atoms with Gasteiger partial charge < -0.3 is 4.90 Å². The summed E-state index contributed by atoms with van der Waals surface area (Å²) in [7, 11) is 0. The minimum absolute atomic E-state index is 0.105. The highest BCUT2D eigenvalue weighted by molar-refractivity contribution is 5.94. The largest absolute Gasteiger partial charge is 0.330 e. The lowest BCUT2D eigenvalue weighted by Crippen LogP contribution is -2.31. The molecule has 0 bridgehead atoms. The molecule has 0 aliphatic carbocycles. The van der Waals surface area contributed by atoms with Gasteiger partial charge in [0, 0.05) is 18.3 Å². The highest BCUT2D eigenvalue weighted by Crippen LogP contribution is 2.32. The molecule has 1 unspecified atom stereocenters.